The van der Waals surface area contributed by atoms with Crippen molar-refractivity contribution in [3.8, 4) is 0 Å². The number of hydrogen-bond acceptors (Lipinski definition) is 8. The SMILES string of the molecule is CON(C(=O)Cc1cccs1)C1C(=O)N2C(C(=O)O)=C(COC(C)=O)CS[C@@H]12. The minimum atomic E-state index is -1.28. The largest absolute Gasteiger partial charge is 0.477 e. The number of thioether (sulfide) groups is 1. The van der Waals surface area contributed by atoms with Gasteiger partial charge in [-0.3, -0.25) is 24.1 Å². The number of amides is 2. The summed E-state index contributed by atoms with van der Waals surface area (Å²) in [7, 11) is 1.30. The lowest BCUT2D eigenvalue weighted by Gasteiger charge is -2.51. The average Bonchev–Trinajstić information content (AvgIpc) is 3.15. The molecule has 3 rings (SSSR count). The number of hydroxylamine groups is 2. The van der Waals surface area contributed by atoms with E-state index in [1.807, 2.05) is 17.5 Å². The van der Waals surface area contributed by atoms with Gasteiger partial charge in [-0.15, -0.1) is 23.1 Å². The maximum Gasteiger partial charge on any atom is 0.352 e. The maximum atomic E-state index is 12.7. The molecule has 28 heavy (non-hydrogen) atoms. The minimum Gasteiger partial charge on any atom is -0.477 e. The van der Waals surface area contributed by atoms with Crippen molar-refractivity contribution in [2.45, 2.75) is 24.8 Å². The predicted molar refractivity (Wildman–Crippen MR) is 100 cm³/mol. The second kappa shape index (κ2) is 8.33. The van der Waals surface area contributed by atoms with Crippen LogP contribution >= 0.6 is 23.1 Å². The minimum absolute atomic E-state index is 0.0893. The number of thiophene rings is 1. The third kappa shape index (κ3) is 3.77. The summed E-state index contributed by atoms with van der Waals surface area (Å²) in [6, 6.07) is 2.73. The van der Waals surface area contributed by atoms with Gasteiger partial charge in [-0.25, -0.2) is 9.86 Å². The third-order valence-corrected chi connectivity index (χ3v) is 6.47. The summed E-state index contributed by atoms with van der Waals surface area (Å²) in [5.41, 5.74) is 0.137. The van der Waals surface area contributed by atoms with E-state index < -0.39 is 29.3 Å². The number of β-lactam (4-membered cyclic amide) rings is 1. The second-order valence-electron chi connectivity index (χ2n) is 6.05. The molecule has 150 valence electrons. The maximum absolute atomic E-state index is 12.7. The van der Waals surface area contributed by atoms with Gasteiger partial charge >= 0.3 is 11.9 Å². The molecule has 1 fully saturated rings. The molecule has 1 unspecified atom stereocenters. The van der Waals surface area contributed by atoms with E-state index in [-0.39, 0.29) is 30.4 Å². The molecule has 2 atom stereocenters. The highest BCUT2D eigenvalue weighted by molar-refractivity contribution is 8.00. The van der Waals surface area contributed by atoms with Crippen LogP contribution < -0.4 is 0 Å². The van der Waals surface area contributed by atoms with Crippen molar-refractivity contribution in [2.24, 2.45) is 0 Å². The summed E-state index contributed by atoms with van der Waals surface area (Å²) in [5.74, 6) is -2.49. The highest BCUT2D eigenvalue weighted by atomic mass is 32.2. The molecule has 0 radical (unpaired) electrons. The summed E-state index contributed by atoms with van der Waals surface area (Å²) < 4.78 is 4.90. The lowest BCUT2D eigenvalue weighted by molar-refractivity contribution is -0.208. The van der Waals surface area contributed by atoms with Gasteiger partial charge in [0.1, 0.15) is 17.7 Å². The molecule has 2 aliphatic heterocycles. The van der Waals surface area contributed by atoms with Gasteiger partial charge in [0.2, 0.25) is 0 Å². The predicted octanol–water partition coefficient (Wildman–Crippen LogP) is 0.866. The zero-order valence-corrected chi connectivity index (χ0v) is 16.7. The van der Waals surface area contributed by atoms with Gasteiger partial charge in [0.25, 0.3) is 11.8 Å². The first-order chi connectivity index (χ1) is 13.3. The van der Waals surface area contributed by atoms with Crippen LogP contribution in [0.25, 0.3) is 0 Å². The highest BCUT2D eigenvalue weighted by Gasteiger charge is 2.57. The van der Waals surface area contributed by atoms with Crippen LogP contribution in [0, 0.1) is 0 Å². The molecule has 1 N–H and O–H groups in total. The first-order valence-electron chi connectivity index (χ1n) is 8.27. The molecule has 11 heteroatoms. The highest BCUT2D eigenvalue weighted by Crippen LogP contribution is 2.42. The Morgan fingerprint density at radius 1 is 1.39 bits per heavy atom. The molecule has 2 amide bonds. The fourth-order valence-corrected chi connectivity index (χ4v) is 5.11. The number of nitrogens with zero attached hydrogens (tertiary/aromatic N) is 2. The standard InChI is InChI=1S/C17H18N2O7S2/c1-9(20)26-7-10-8-28-16-14(15(22)18(16)13(10)17(23)24)19(25-2)12(21)6-11-4-3-5-27-11/h3-5,14,16H,6-8H2,1-2H3,(H,23,24)/t14?,16-/m0/s1. The van der Waals surface area contributed by atoms with E-state index in [4.69, 9.17) is 9.57 Å². The lowest BCUT2D eigenvalue weighted by atomic mass is 10.0. The van der Waals surface area contributed by atoms with Crippen molar-refractivity contribution in [1.82, 2.24) is 9.96 Å². The number of rotatable bonds is 7. The molecule has 0 bridgehead atoms. The van der Waals surface area contributed by atoms with Gasteiger partial charge in [0.05, 0.1) is 13.5 Å². The Bertz CT molecular complexity index is 837. The topological polar surface area (TPSA) is 113 Å². The smallest absolute Gasteiger partial charge is 0.352 e. The molecular weight excluding hydrogens is 408 g/mol. The number of ether oxygens (including phenoxy) is 1. The molecule has 2 aliphatic rings. The van der Waals surface area contributed by atoms with Crippen molar-refractivity contribution < 1.29 is 33.9 Å². The zero-order chi connectivity index (χ0) is 20.4. The van der Waals surface area contributed by atoms with Gasteiger partial charge in [-0.1, -0.05) is 6.07 Å². The summed E-state index contributed by atoms with van der Waals surface area (Å²) in [5, 5.41) is 11.9. The monoisotopic (exact) mass is 426 g/mol. The lowest BCUT2D eigenvalue weighted by Crippen LogP contribution is -2.71. The van der Waals surface area contributed by atoms with Gasteiger partial charge in [0, 0.05) is 23.1 Å². The summed E-state index contributed by atoms with van der Waals surface area (Å²) in [6.07, 6.45) is 0.0893. The van der Waals surface area contributed by atoms with Gasteiger partial charge < -0.3 is 9.84 Å². The molecule has 0 saturated carbocycles. The molecule has 0 aliphatic carbocycles. The molecule has 1 saturated heterocycles. The first kappa shape index (κ1) is 20.4. The van der Waals surface area contributed by atoms with Crippen LogP contribution in [0.15, 0.2) is 28.8 Å². The second-order valence-corrected chi connectivity index (χ2v) is 8.19. The van der Waals surface area contributed by atoms with E-state index >= 15 is 0 Å². The van der Waals surface area contributed by atoms with Crippen LogP contribution in [0.5, 0.6) is 0 Å². The van der Waals surface area contributed by atoms with Crippen LogP contribution in [-0.4, -0.2) is 69.7 Å². The molecular formula is C17H18N2O7S2. The van der Waals surface area contributed by atoms with Crippen LogP contribution in [0.3, 0.4) is 0 Å². The molecule has 9 nitrogen and oxygen atoms in total. The number of fused-ring (bicyclic) bond motifs is 1. The van der Waals surface area contributed by atoms with Crippen molar-refractivity contribution in [1.29, 1.82) is 0 Å². The fourth-order valence-electron chi connectivity index (χ4n) is 3.06. The average molecular weight is 426 g/mol. The fraction of sp³-hybridized carbons (Fsp3) is 0.412. The number of carbonyl (C=O) groups is 4. The van der Waals surface area contributed by atoms with Crippen molar-refractivity contribution >= 4 is 46.9 Å². The van der Waals surface area contributed by atoms with Crippen LogP contribution in [-0.2, 0) is 35.2 Å². The van der Waals surface area contributed by atoms with Crippen molar-refractivity contribution in [3.05, 3.63) is 33.7 Å². The number of hydrogen-bond donors (Lipinski definition) is 1. The van der Waals surface area contributed by atoms with Gasteiger partial charge in [0.15, 0.2) is 6.04 Å². The Balaban J connectivity index is 1.79. The van der Waals surface area contributed by atoms with Crippen LogP contribution in [0.4, 0.5) is 0 Å². The van der Waals surface area contributed by atoms with E-state index in [1.54, 1.807) is 0 Å². The van der Waals surface area contributed by atoms with E-state index in [0.717, 1.165) is 14.8 Å². The van der Waals surface area contributed by atoms with E-state index in [1.165, 1.54) is 37.1 Å². The Morgan fingerprint density at radius 2 is 2.14 bits per heavy atom. The molecule has 0 spiro atoms. The number of aliphatic carboxylic acids is 1. The summed E-state index contributed by atoms with van der Waals surface area (Å²) in [6.45, 7) is 1.02. The molecule has 1 aromatic heterocycles. The zero-order valence-electron chi connectivity index (χ0n) is 15.1. The number of esters is 1. The van der Waals surface area contributed by atoms with E-state index in [2.05, 4.69) is 0 Å². The van der Waals surface area contributed by atoms with Crippen molar-refractivity contribution in [2.75, 3.05) is 19.5 Å². The number of carbonyl (C=O) groups excluding carboxylic acids is 3. The van der Waals surface area contributed by atoms with E-state index in [0.29, 0.717) is 5.57 Å². The first-order valence-corrected chi connectivity index (χ1v) is 10.2. The normalized spacial score (nSPS) is 21.1. The Kier molecular flexibility index (Phi) is 6.06. The Morgan fingerprint density at radius 3 is 2.71 bits per heavy atom. The number of carboxylic acids is 1. The Hall–Kier alpha value is -2.37. The summed E-state index contributed by atoms with van der Waals surface area (Å²) >= 11 is 2.72. The molecule has 0 aromatic carbocycles. The van der Waals surface area contributed by atoms with Gasteiger partial charge in [-0.05, 0) is 11.4 Å². The molecule has 3 heterocycles. The van der Waals surface area contributed by atoms with E-state index in [9.17, 15) is 24.3 Å². The third-order valence-electron chi connectivity index (χ3n) is 4.27. The number of carboxylic acid groups (broad SMARTS) is 1. The Labute approximate surface area is 168 Å². The quantitative estimate of drug-likeness (QED) is 0.388. The summed E-state index contributed by atoms with van der Waals surface area (Å²) in [4.78, 5) is 55.2. The van der Waals surface area contributed by atoms with Crippen LogP contribution in [0.2, 0.25) is 0 Å². The van der Waals surface area contributed by atoms with Crippen LogP contribution in [0.1, 0.15) is 11.8 Å². The van der Waals surface area contributed by atoms with Crippen molar-refractivity contribution in [3.63, 3.8) is 0 Å². The molecule has 1 aromatic rings. The van der Waals surface area contributed by atoms with Gasteiger partial charge in [-0.2, -0.15) is 0 Å².